The summed E-state index contributed by atoms with van der Waals surface area (Å²) in [6.07, 6.45) is 1.21. The van der Waals surface area contributed by atoms with Gasteiger partial charge >= 0.3 is 6.03 Å². The standard InChI is InChI=1S/C13H13F2N3O2/c1-3-13(2)11(19)18(12(20)17-13)16-7-8-9(14)5-4-6-10(8)15/h4-7H,3H2,1-2H3,(H,17,20)/t13-/m1/s1. The van der Waals surface area contributed by atoms with Gasteiger partial charge in [-0.05, 0) is 25.5 Å². The molecule has 1 N–H and O–H groups in total. The Bertz CT molecular complexity index is 583. The molecule has 1 aliphatic heterocycles. The average molecular weight is 281 g/mol. The van der Waals surface area contributed by atoms with E-state index < -0.39 is 34.7 Å². The van der Waals surface area contributed by atoms with E-state index in [0.29, 0.717) is 11.4 Å². The minimum absolute atomic E-state index is 0.387. The first-order valence-electron chi connectivity index (χ1n) is 6.03. The number of benzene rings is 1. The van der Waals surface area contributed by atoms with Crippen LogP contribution in [0.2, 0.25) is 0 Å². The SMILES string of the molecule is CC[C@@]1(C)NC(=O)N(N=Cc2c(F)cccc2F)C1=O. The van der Waals surface area contributed by atoms with Crippen LogP contribution in [0, 0.1) is 11.6 Å². The number of halogens is 2. The van der Waals surface area contributed by atoms with Gasteiger partial charge in [0.05, 0.1) is 11.8 Å². The minimum atomic E-state index is -1.04. The number of carbonyl (C=O) groups is 2. The molecule has 1 atom stereocenters. The molecule has 20 heavy (non-hydrogen) atoms. The maximum Gasteiger partial charge on any atom is 0.346 e. The highest BCUT2D eigenvalue weighted by molar-refractivity contribution is 6.07. The molecule has 0 aromatic heterocycles. The summed E-state index contributed by atoms with van der Waals surface area (Å²) in [6, 6.07) is 2.62. The fourth-order valence-corrected chi connectivity index (χ4v) is 1.76. The lowest BCUT2D eigenvalue weighted by Crippen LogP contribution is -2.42. The van der Waals surface area contributed by atoms with E-state index in [0.717, 1.165) is 18.3 Å². The van der Waals surface area contributed by atoms with E-state index in [4.69, 9.17) is 0 Å². The molecule has 0 bridgehead atoms. The van der Waals surface area contributed by atoms with Gasteiger partial charge < -0.3 is 5.32 Å². The summed E-state index contributed by atoms with van der Waals surface area (Å²) >= 11 is 0. The van der Waals surface area contributed by atoms with Gasteiger partial charge in [0.2, 0.25) is 0 Å². The summed E-state index contributed by atoms with van der Waals surface area (Å²) in [5.74, 6) is -2.20. The normalized spacial score (nSPS) is 22.7. The van der Waals surface area contributed by atoms with Gasteiger partial charge in [-0.15, -0.1) is 5.01 Å². The van der Waals surface area contributed by atoms with Gasteiger partial charge in [0.1, 0.15) is 17.2 Å². The largest absolute Gasteiger partial charge is 0.346 e. The van der Waals surface area contributed by atoms with Gasteiger partial charge in [-0.25, -0.2) is 13.6 Å². The zero-order valence-corrected chi connectivity index (χ0v) is 11.0. The van der Waals surface area contributed by atoms with Crippen LogP contribution < -0.4 is 5.32 Å². The van der Waals surface area contributed by atoms with Crippen LogP contribution in [0.4, 0.5) is 13.6 Å². The van der Waals surface area contributed by atoms with Crippen molar-refractivity contribution in [3.05, 3.63) is 35.4 Å². The first kappa shape index (κ1) is 14.1. The third-order valence-corrected chi connectivity index (χ3v) is 3.25. The van der Waals surface area contributed by atoms with Gasteiger partial charge in [-0.1, -0.05) is 13.0 Å². The summed E-state index contributed by atoms with van der Waals surface area (Å²) in [7, 11) is 0. The van der Waals surface area contributed by atoms with Gasteiger partial charge in [-0.2, -0.15) is 5.10 Å². The summed E-state index contributed by atoms with van der Waals surface area (Å²) in [4.78, 5) is 23.6. The van der Waals surface area contributed by atoms with Crippen molar-refractivity contribution in [1.29, 1.82) is 0 Å². The van der Waals surface area contributed by atoms with Crippen LogP contribution in [-0.2, 0) is 4.79 Å². The van der Waals surface area contributed by atoms with E-state index in [1.165, 1.54) is 6.07 Å². The number of hydrogen-bond acceptors (Lipinski definition) is 3. The van der Waals surface area contributed by atoms with E-state index in [2.05, 4.69) is 10.4 Å². The molecule has 7 heteroatoms. The molecule has 0 radical (unpaired) electrons. The van der Waals surface area contributed by atoms with Crippen molar-refractivity contribution in [2.75, 3.05) is 0 Å². The molecule has 1 aliphatic rings. The van der Waals surface area contributed by atoms with Crippen molar-refractivity contribution in [3.63, 3.8) is 0 Å². The maximum absolute atomic E-state index is 13.4. The van der Waals surface area contributed by atoms with Crippen molar-refractivity contribution in [2.24, 2.45) is 5.10 Å². The number of nitrogens with zero attached hydrogens (tertiary/aromatic N) is 2. The number of urea groups is 1. The van der Waals surface area contributed by atoms with Gasteiger partial charge in [0.25, 0.3) is 5.91 Å². The third-order valence-electron chi connectivity index (χ3n) is 3.25. The number of amides is 3. The predicted octanol–water partition coefficient (Wildman–Crippen LogP) is 2.02. The molecule has 1 aromatic rings. The number of nitrogens with one attached hydrogen (secondary N) is 1. The highest BCUT2D eigenvalue weighted by Gasteiger charge is 2.46. The molecular weight excluding hydrogens is 268 g/mol. The Balaban J connectivity index is 2.29. The van der Waals surface area contributed by atoms with E-state index in [-0.39, 0.29) is 0 Å². The van der Waals surface area contributed by atoms with Gasteiger partial charge in [0, 0.05) is 0 Å². The molecule has 106 valence electrons. The Morgan fingerprint density at radius 1 is 1.35 bits per heavy atom. The first-order valence-corrected chi connectivity index (χ1v) is 6.03. The molecule has 1 heterocycles. The molecule has 2 rings (SSSR count). The molecular formula is C13H13F2N3O2. The monoisotopic (exact) mass is 281 g/mol. The smallest absolute Gasteiger partial charge is 0.322 e. The topological polar surface area (TPSA) is 61.8 Å². The summed E-state index contributed by atoms with van der Waals surface area (Å²) in [5, 5.41) is 6.65. The fourth-order valence-electron chi connectivity index (χ4n) is 1.76. The average Bonchev–Trinajstić information content (AvgIpc) is 2.61. The Morgan fingerprint density at radius 3 is 2.45 bits per heavy atom. The Morgan fingerprint density at radius 2 is 1.95 bits per heavy atom. The highest BCUT2D eigenvalue weighted by atomic mass is 19.1. The fraction of sp³-hybridized carbons (Fsp3) is 0.308. The summed E-state index contributed by atoms with van der Waals surface area (Å²) in [5.41, 5.74) is -1.44. The quantitative estimate of drug-likeness (QED) is 0.680. The van der Waals surface area contributed by atoms with Crippen molar-refractivity contribution in [1.82, 2.24) is 10.3 Å². The maximum atomic E-state index is 13.4. The number of hydrazone groups is 1. The summed E-state index contributed by atoms with van der Waals surface area (Å²) in [6.45, 7) is 3.30. The van der Waals surface area contributed by atoms with E-state index in [1.807, 2.05) is 0 Å². The third kappa shape index (κ3) is 2.26. The molecule has 0 aliphatic carbocycles. The van der Waals surface area contributed by atoms with Crippen molar-refractivity contribution in [3.8, 4) is 0 Å². The number of imide groups is 1. The van der Waals surface area contributed by atoms with Gasteiger partial charge in [-0.3, -0.25) is 4.79 Å². The van der Waals surface area contributed by atoms with Crippen molar-refractivity contribution < 1.29 is 18.4 Å². The van der Waals surface area contributed by atoms with Crippen LogP contribution in [0.3, 0.4) is 0 Å². The Labute approximate surface area is 114 Å². The molecule has 5 nitrogen and oxygen atoms in total. The zero-order chi connectivity index (χ0) is 14.9. The van der Waals surface area contributed by atoms with Crippen LogP contribution in [-0.4, -0.2) is 28.7 Å². The number of hydrogen-bond donors (Lipinski definition) is 1. The molecule has 3 amide bonds. The number of rotatable bonds is 3. The lowest BCUT2D eigenvalue weighted by atomic mass is 10.00. The van der Waals surface area contributed by atoms with Gasteiger partial charge in [0.15, 0.2) is 0 Å². The Kier molecular flexibility index (Phi) is 3.52. The van der Waals surface area contributed by atoms with Crippen LogP contribution >= 0.6 is 0 Å². The molecule has 1 saturated heterocycles. The molecule has 0 spiro atoms. The summed E-state index contributed by atoms with van der Waals surface area (Å²) < 4.78 is 26.8. The molecule has 0 unspecified atom stereocenters. The van der Waals surface area contributed by atoms with Crippen LogP contribution in [0.5, 0.6) is 0 Å². The van der Waals surface area contributed by atoms with Crippen molar-refractivity contribution >= 4 is 18.2 Å². The van der Waals surface area contributed by atoms with E-state index >= 15 is 0 Å². The van der Waals surface area contributed by atoms with Crippen molar-refractivity contribution in [2.45, 2.75) is 25.8 Å². The zero-order valence-electron chi connectivity index (χ0n) is 11.0. The second kappa shape index (κ2) is 4.99. The predicted molar refractivity (Wildman–Crippen MR) is 68.0 cm³/mol. The van der Waals surface area contributed by atoms with Crippen LogP contribution in [0.1, 0.15) is 25.8 Å². The van der Waals surface area contributed by atoms with E-state index in [9.17, 15) is 18.4 Å². The minimum Gasteiger partial charge on any atom is -0.322 e. The first-order chi connectivity index (χ1) is 9.39. The highest BCUT2D eigenvalue weighted by Crippen LogP contribution is 2.21. The van der Waals surface area contributed by atoms with Crippen LogP contribution in [0.25, 0.3) is 0 Å². The molecule has 1 fully saturated rings. The van der Waals surface area contributed by atoms with Crippen LogP contribution in [0.15, 0.2) is 23.3 Å². The lowest BCUT2D eigenvalue weighted by molar-refractivity contribution is -0.130. The second-order valence-electron chi connectivity index (χ2n) is 4.61. The second-order valence-corrected chi connectivity index (χ2v) is 4.61. The lowest BCUT2D eigenvalue weighted by Gasteiger charge is -2.17. The molecule has 0 saturated carbocycles. The van der Waals surface area contributed by atoms with E-state index in [1.54, 1.807) is 13.8 Å². The number of carbonyl (C=O) groups excluding carboxylic acids is 2. The molecule has 1 aromatic carbocycles. The Hall–Kier alpha value is -2.31.